The van der Waals surface area contributed by atoms with Crippen molar-refractivity contribution < 1.29 is 0 Å². The Morgan fingerprint density at radius 3 is 0.939 bits per heavy atom. The van der Waals surface area contributed by atoms with Gasteiger partial charge >= 0.3 is 0 Å². The molecule has 0 aliphatic carbocycles. The van der Waals surface area contributed by atoms with Gasteiger partial charge in [-0.25, -0.2) is 15.0 Å². The SMILES string of the molecule is c1ccc(-c2cc(-c3ccc(-c4ccc(-c5c(-c6ccccc6)c(-c6ccccc6)nc(-c6ccccc6)c5-c5ccccc5)cc4)cc3)nc(-c3ccccc3-c3ccccc3)n2)cc1. The average molecular weight is 842 g/mol. The fourth-order valence-electron chi connectivity index (χ4n) is 8.94. The van der Waals surface area contributed by atoms with Crippen LogP contribution in [0.5, 0.6) is 0 Å². The first-order valence-electron chi connectivity index (χ1n) is 22.4. The lowest BCUT2D eigenvalue weighted by atomic mass is 9.83. The van der Waals surface area contributed by atoms with Crippen LogP contribution in [-0.4, -0.2) is 15.0 Å². The average Bonchev–Trinajstić information content (AvgIpc) is 3.41. The lowest BCUT2D eigenvalue weighted by molar-refractivity contribution is 1.18. The summed E-state index contributed by atoms with van der Waals surface area (Å²) in [6.45, 7) is 0. The van der Waals surface area contributed by atoms with Gasteiger partial charge in [-0.3, -0.25) is 0 Å². The summed E-state index contributed by atoms with van der Waals surface area (Å²) in [6.07, 6.45) is 0. The van der Waals surface area contributed by atoms with Gasteiger partial charge in [0.1, 0.15) is 0 Å². The molecule has 11 aromatic rings. The van der Waals surface area contributed by atoms with Crippen molar-refractivity contribution in [3.05, 3.63) is 261 Å². The molecule has 0 fully saturated rings. The lowest BCUT2D eigenvalue weighted by Gasteiger charge is -2.23. The minimum Gasteiger partial charge on any atom is -0.246 e. The van der Waals surface area contributed by atoms with Crippen LogP contribution in [0.3, 0.4) is 0 Å². The fraction of sp³-hybridized carbons (Fsp3) is 0. The zero-order valence-electron chi connectivity index (χ0n) is 36.2. The molecule has 2 aromatic heterocycles. The number of hydrogen-bond donors (Lipinski definition) is 0. The van der Waals surface area contributed by atoms with Gasteiger partial charge in [-0.05, 0) is 45.0 Å². The molecular formula is C63H43N3. The van der Waals surface area contributed by atoms with Crippen molar-refractivity contribution in [2.24, 2.45) is 0 Å². The van der Waals surface area contributed by atoms with E-state index in [1.54, 1.807) is 0 Å². The number of rotatable bonds is 10. The van der Waals surface area contributed by atoms with Crippen LogP contribution in [0, 0.1) is 0 Å². The maximum Gasteiger partial charge on any atom is 0.161 e. The van der Waals surface area contributed by atoms with Gasteiger partial charge in [0.25, 0.3) is 0 Å². The number of benzene rings is 9. The van der Waals surface area contributed by atoms with Crippen LogP contribution in [0.25, 0.3) is 112 Å². The molecule has 3 nitrogen and oxygen atoms in total. The Balaban J connectivity index is 1.03. The molecular weight excluding hydrogens is 799 g/mol. The van der Waals surface area contributed by atoms with Crippen LogP contribution >= 0.6 is 0 Å². The molecule has 0 atom stereocenters. The predicted molar refractivity (Wildman–Crippen MR) is 274 cm³/mol. The number of nitrogens with zero attached hydrogens (tertiary/aromatic N) is 3. The van der Waals surface area contributed by atoms with E-state index >= 15 is 0 Å². The first-order chi connectivity index (χ1) is 32.7. The van der Waals surface area contributed by atoms with Crippen LogP contribution in [-0.2, 0) is 0 Å². The highest BCUT2D eigenvalue weighted by Crippen LogP contribution is 2.49. The second-order valence-corrected chi connectivity index (χ2v) is 16.3. The van der Waals surface area contributed by atoms with Crippen molar-refractivity contribution in [3.63, 3.8) is 0 Å². The minimum atomic E-state index is 0.692. The molecule has 0 saturated heterocycles. The Bertz CT molecular complexity index is 3290. The number of hydrogen-bond acceptors (Lipinski definition) is 3. The van der Waals surface area contributed by atoms with Crippen LogP contribution in [0.4, 0.5) is 0 Å². The quantitative estimate of drug-likeness (QED) is 0.138. The van der Waals surface area contributed by atoms with Gasteiger partial charge in [0.05, 0.1) is 22.8 Å². The highest BCUT2D eigenvalue weighted by atomic mass is 14.9. The molecule has 0 unspecified atom stereocenters. The smallest absolute Gasteiger partial charge is 0.161 e. The molecule has 3 heteroatoms. The van der Waals surface area contributed by atoms with E-state index in [9.17, 15) is 0 Å². The summed E-state index contributed by atoms with van der Waals surface area (Å²) in [6, 6.07) is 91.6. The largest absolute Gasteiger partial charge is 0.246 e. The summed E-state index contributed by atoms with van der Waals surface area (Å²) in [7, 11) is 0. The Morgan fingerprint density at radius 1 is 0.197 bits per heavy atom. The van der Waals surface area contributed by atoms with E-state index in [-0.39, 0.29) is 0 Å². The van der Waals surface area contributed by atoms with Crippen LogP contribution in [0.2, 0.25) is 0 Å². The highest BCUT2D eigenvalue weighted by molar-refractivity contribution is 6.05. The number of aromatic nitrogens is 3. The first-order valence-corrected chi connectivity index (χ1v) is 22.4. The van der Waals surface area contributed by atoms with Gasteiger partial charge in [-0.2, -0.15) is 0 Å². The van der Waals surface area contributed by atoms with Crippen LogP contribution in [0.15, 0.2) is 261 Å². The third-order valence-electron chi connectivity index (χ3n) is 12.2. The van der Waals surface area contributed by atoms with Gasteiger partial charge < -0.3 is 0 Å². The fourth-order valence-corrected chi connectivity index (χ4v) is 8.94. The summed E-state index contributed by atoms with van der Waals surface area (Å²) < 4.78 is 0. The normalized spacial score (nSPS) is 11.0. The summed E-state index contributed by atoms with van der Waals surface area (Å²) >= 11 is 0. The van der Waals surface area contributed by atoms with Crippen molar-refractivity contribution in [2.45, 2.75) is 0 Å². The van der Waals surface area contributed by atoms with E-state index in [0.29, 0.717) is 5.82 Å². The minimum absolute atomic E-state index is 0.692. The zero-order chi connectivity index (χ0) is 44.1. The van der Waals surface area contributed by atoms with Crippen LogP contribution in [0.1, 0.15) is 0 Å². The topological polar surface area (TPSA) is 38.7 Å². The predicted octanol–water partition coefficient (Wildman–Crippen LogP) is 16.5. The van der Waals surface area contributed by atoms with Crippen molar-refractivity contribution in [1.82, 2.24) is 15.0 Å². The van der Waals surface area contributed by atoms with E-state index < -0.39 is 0 Å². The van der Waals surface area contributed by atoms with Gasteiger partial charge in [0, 0.05) is 44.5 Å². The molecule has 0 amide bonds. The maximum absolute atomic E-state index is 5.60. The van der Waals surface area contributed by atoms with E-state index in [1.165, 1.54) is 0 Å². The van der Waals surface area contributed by atoms with E-state index in [0.717, 1.165) is 106 Å². The monoisotopic (exact) mass is 841 g/mol. The second-order valence-electron chi connectivity index (χ2n) is 16.3. The van der Waals surface area contributed by atoms with Crippen molar-refractivity contribution in [3.8, 4) is 112 Å². The van der Waals surface area contributed by atoms with Crippen molar-refractivity contribution in [2.75, 3.05) is 0 Å². The Morgan fingerprint density at radius 2 is 0.500 bits per heavy atom. The third-order valence-corrected chi connectivity index (χ3v) is 12.2. The zero-order valence-corrected chi connectivity index (χ0v) is 36.2. The molecule has 0 aliphatic rings. The highest BCUT2D eigenvalue weighted by Gasteiger charge is 2.25. The Hall–Kier alpha value is -8.79. The summed E-state index contributed by atoms with van der Waals surface area (Å²) in [5.41, 5.74) is 20.0. The summed E-state index contributed by atoms with van der Waals surface area (Å²) in [5.74, 6) is 0.692. The summed E-state index contributed by atoms with van der Waals surface area (Å²) in [5, 5.41) is 0. The molecule has 0 aliphatic heterocycles. The first kappa shape index (κ1) is 40.0. The standard InChI is InChI=1S/C63H43N3/c1-7-21-46(22-8-1)54-33-19-20-34-55(54)63-64-56(47-23-9-2-10-24-47)43-57(65-63)48-39-35-44(36-40-48)45-37-41-51(42-38-45)58-59(49-25-11-3-12-26-49)61(52-29-15-5-16-30-52)66-62(53-31-17-6-18-32-53)60(58)50-27-13-4-14-28-50/h1-43H. The molecule has 0 bridgehead atoms. The van der Waals surface area contributed by atoms with E-state index in [2.05, 4.69) is 249 Å². The van der Waals surface area contributed by atoms with Crippen LogP contribution < -0.4 is 0 Å². The second kappa shape index (κ2) is 18.1. The molecule has 11 rings (SSSR count). The lowest BCUT2D eigenvalue weighted by Crippen LogP contribution is -2.01. The number of pyridine rings is 1. The van der Waals surface area contributed by atoms with Gasteiger partial charge in [0.15, 0.2) is 5.82 Å². The Kier molecular flexibility index (Phi) is 11.0. The van der Waals surface area contributed by atoms with E-state index in [4.69, 9.17) is 15.0 Å². The van der Waals surface area contributed by atoms with Crippen molar-refractivity contribution in [1.29, 1.82) is 0 Å². The molecule has 9 aromatic carbocycles. The molecule has 310 valence electrons. The van der Waals surface area contributed by atoms with Gasteiger partial charge in [-0.15, -0.1) is 0 Å². The summed E-state index contributed by atoms with van der Waals surface area (Å²) in [4.78, 5) is 16.0. The molecule has 0 N–H and O–H groups in total. The molecule has 0 radical (unpaired) electrons. The van der Waals surface area contributed by atoms with E-state index in [1.807, 2.05) is 12.1 Å². The molecule has 66 heavy (non-hydrogen) atoms. The van der Waals surface area contributed by atoms with Gasteiger partial charge in [0.2, 0.25) is 0 Å². The molecule has 0 saturated carbocycles. The van der Waals surface area contributed by atoms with Gasteiger partial charge in [-0.1, -0.05) is 255 Å². The third kappa shape index (κ3) is 8.02. The van der Waals surface area contributed by atoms with Crippen molar-refractivity contribution >= 4 is 0 Å². The molecule has 0 spiro atoms. The molecule has 2 heterocycles. The Labute approximate surface area is 386 Å². The maximum atomic E-state index is 5.60.